The van der Waals surface area contributed by atoms with Gasteiger partial charge >= 0.3 is 0 Å². The summed E-state index contributed by atoms with van der Waals surface area (Å²) >= 11 is 0.556. The van der Waals surface area contributed by atoms with Crippen molar-refractivity contribution in [3.05, 3.63) is 71.3 Å². The minimum atomic E-state index is -2.15. The van der Waals surface area contributed by atoms with Crippen LogP contribution in [0.2, 0.25) is 0 Å². The Morgan fingerprint density at radius 3 is 2.09 bits per heavy atom. The maximum absolute atomic E-state index is 14.2. The molecular formula is C23H22F5N5S. The van der Waals surface area contributed by atoms with Gasteiger partial charge in [-0.15, -0.1) is 0 Å². The number of anilines is 1. The van der Waals surface area contributed by atoms with Crippen molar-refractivity contribution in [2.75, 3.05) is 31.1 Å². The van der Waals surface area contributed by atoms with Crippen LogP contribution in [-0.4, -0.2) is 46.3 Å². The first kappa shape index (κ1) is 23.1. The molecule has 34 heavy (non-hydrogen) atoms. The first-order valence-electron chi connectivity index (χ1n) is 11.0. The fourth-order valence-electron chi connectivity index (χ4n) is 3.88. The van der Waals surface area contributed by atoms with Crippen molar-refractivity contribution in [1.29, 1.82) is 0 Å². The van der Waals surface area contributed by atoms with Gasteiger partial charge in [0.1, 0.15) is 4.90 Å². The van der Waals surface area contributed by atoms with Crippen LogP contribution in [0.3, 0.4) is 0 Å². The van der Waals surface area contributed by atoms with Crippen LogP contribution in [-0.2, 0) is 6.54 Å². The zero-order valence-electron chi connectivity index (χ0n) is 18.1. The Kier molecular flexibility index (Phi) is 6.50. The predicted molar refractivity (Wildman–Crippen MR) is 119 cm³/mol. The van der Waals surface area contributed by atoms with Gasteiger partial charge in [-0.1, -0.05) is 0 Å². The van der Waals surface area contributed by atoms with Gasteiger partial charge < -0.3 is 10.2 Å². The second kappa shape index (κ2) is 9.55. The van der Waals surface area contributed by atoms with Crippen LogP contribution in [0.1, 0.15) is 18.4 Å². The van der Waals surface area contributed by atoms with E-state index in [2.05, 4.69) is 15.3 Å². The summed E-state index contributed by atoms with van der Waals surface area (Å²) in [6.07, 6.45) is 5.00. The zero-order chi connectivity index (χ0) is 23.8. The lowest BCUT2D eigenvalue weighted by Crippen LogP contribution is -2.43. The Balaban J connectivity index is 1.31. The summed E-state index contributed by atoms with van der Waals surface area (Å²) in [5, 5.41) is 7.71. The van der Waals surface area contributed by atoms with Crippen LogP contribution in [0.4, 0.5) is 27.6 Å². The molecule has 1 aromatic heterocycles. The van der Waals surface area contributed by atoms with Crippen molar-refractivity contribution in [2.45, 2.75) is 30.3 Å². The Morgan fingerprint density at radius 2 is 1.47 bits per heavy atom. The van der Waals surface area contributed by atoms with E-state index in [1.807, 2.05) is 24.3 Å². The summed E-state index contributed by atoms with van der Waals surface area (Å²) in [6.45, 7) is 4.04. The number of piperazine rings is 1. The fraction of sp³-hybridized carbons (Fsp3) is 0.348. The van der Waals surface area contributed by atoms with E-state index in [0.717, 1.165) is 56.0 Å². The molecule has 1 saturated carbocycles. The molecule has 0 radical (unpaired) electrons. The summed E-state index contributed by atoms with van der Waals surface area (Å²) in [5.41, 5.74) is 2.75. The second-order valence-electron chi connectivity index (χ2n) is 8.34. The molecule has 1 aliphatic carbocycles. The summed E-state index contributed by atoms with van der Waals surface area (Å²) in [7, 11) is 0. The highest BCUT2D eigenvalue weighted by Crippen LogP contribution is 2.40. The van der Waals surface area contributed by atoms with Gasteiger partial charge in [0.15, 0.2) is 23.3 Å². The van der Waals surface area contributed by atoms with E-state index in [-0.39, 0.29) is 12.6 Å². The lowest BCUT2D eigenvalue weighted by atomic mass is 10.2. The molecule has 2 fully saturated rings. The summed E-state index contributed by atoms with van der Waals surface area (Å²) in [4.78, 5) is 1.41. The molecule has 1 aliphatic heterocycles. The molecule has 5 nitrogen and oxygen atoms in total. The zero-order valence-corrected chi connectivity index (χ0v) is 18.9. The molecule has 1 saturated heterocycles. The Bertz CT molecular complexity index is 1150. The Hall–Kier alpha value is -2.63. The normalized spacial score (nSPS) is 16.5. The molecule has 0 bridgehead atoms. The van der Waals surface area contributed by atoms with Gasteiger partial charge in [0, 0.05) is 56.2 Å². The number of rotatable bonds is 7. The van der Waals surface area contributed by atoms with E-state index in [1.54, 1.807) is 21.4 Å². The van der Waals surface area contributed by atoms with Crippen molar-refractivity contribution < 1.29 is 22.0 Å². The molecule has 2 aliphatic rings. The standard InChI is InChI=1S/C23H22F5N5S/c24-18-19(25)21(27)23(22(28)20(18)26)34-33(17-5-6-17)13-14-11-30-32(12-14)16-3-1-15(2-4-16)31-9-7-29-8-10-31/h1-4,11-12,17,29H,5-10,13H2. The first-order chi connectivity index (χ1) is 16.4. The molecule has 2 heterocycles. The number of nitrogens with one attached hydrogen (secondary N) is 1. The average molecular weight is 496 g/mol. The second-order valence-corrected chi connectivity index (χ2v) is 9.40. The van der Waals surface area contributed by atoms with Crippen LogP contribution < -0.4 is 10.2 Å². The minimum Gasteiger partial charge on any atom is -0.369 e. The molecule has 11 heteroatoms. The van der Waals surface area contributed by atoms with Crippen molar-refractivity contribution in [1.82, 2.24) is 19.4 Å². The average Bonchev–Trinajstić information content (AvgIpc) is 3.62. The lowest BCUT2D eigenvalue weighted by molar-refractivity contribution is 0.358. The third-order valence-electron chi connectivity index (χ3n) is 5.90. The van der Waals surface area contributed by atoms with Crippen LogP contribution in [0.15, 0.2) is 41.6 Å². The molecule has 1 N–H and O–H groups in total. The van der Waals surface area contributed by atoms with Gasteiger partial charge in [-0.05, 0) is 49.1 Å². The van der Waals surface area contributed by atoms with Gasteiger partial charge in [0.05, 0.1) is 11.9 Å². The molecule has 0 amide bonds. The van der Waals surface area contributed by atoms with Crippen molar-refractivity contribution >= 4 is 17.6 Å². The molecule has 0 unspecified atom stereocenters. The number of benzene rings is 2. The lowest BCUT2D eigenvalue weighted by Gasteiger charge is -2.29. The molecule has 3 aromatic rings. The molecule has 0 spiro atoms. The SMILES string of the molecule is Fc1c(F)c(F)c(SN(Cc2cnn(-c3ccc(N4CCNCC4)cc3)c2)C2CC2)c(F)c1F. The third kappa shape index (κ3) is 4.64. The molecular weight excluding hydrogens is 473 g/mol. The molecule has 2 aromatic carbocycles. The Morgan fingerprint density at radius 1 is 0.882 bits per heavy atom. The molecule has 5 rings (SSSR count). The molecule has 180 valence electrons. The quantitative estimate of drug-likeness (QED) is 0.224. The number of aromatic nitrogens is 2. The number of hydrogen-bond acceptors (Lipinski definition) is 5. The molecule has 0 atom stereocenters. The highest BCUT2D eigenvalue weighted by molar-refractivity contribution is 7.97. The van der Waals surface area contributed by atoms with E-state index in [4.69, 9.17) is 0 Å². The van der Waals surface area contributed by atoms with Gasteiger partial charge in [0.2, 0.25) is 5.82 Å². The minimum absolute atomic E-state index is 0.0124. The largest absolute Gasteiger partial charge is 0.369 e. The maximum Gasteiger partial charge on any atom is 0.200 e. The number of halogens is 5. The van der Waals surface area contributed by atoms with Crippen LogP contribution in [0.5, 0.6) is 0 Å². The van der Waals surface area contributed by atoms with Crippen LogP contribution >= 0.6 is 11.9 Å². The number of nitrogens with zero attached hydrogens (tertiary/aromatic N) is 4. The van der Waals surface area contributed by atoms with Crippen LogP contribution in [0.25, 0.3) is 5.69 Å². The van der Waals surface area contributed by atoms with Crippen LogP contribution in [0, 0.1) is 29.1 Å². The Labute approximate surface area is 197 Å². The van der Waals surface area contributed by atoms with E-state index < -0.39 is 34.0 Å². The van der Waals surface area contributed by atoms with Gasteiger partial charge in [-0.25, -0.2) is 30.9 Å². The monoisotopic (exact) mass is 495 g/mol. The highest BCUT2D eigenvalue weighted by atomic mass is 32.2. The predicted octanol–water partition coefficient (Wildman–Crippen LogP) is 4.65. The van der Waals surface area contributed by atoms with Crippen molar-refractivity contribution in [3.8, 4) is 5.69 Å². The number of hydrogen-bond donors (Lipinski definition) is 1. The van der Waals surface area contributed by atoms with Gasteiger partial charge in [-0.3, -0.25) is 0 Å². The highest BCUT2D eigenvalue weighted by Gasteiger charge is 2.34. The van der Waals surface area contributed by atoms with E-state index in [9.17, 15) is 22.0 Å². The van der Waals surface area contributed by atoms with Crippen molar-refractivity contribution in [3.63, 3.8) is 0 Å². The topological polar surface area (TPSA) is 36.3 Å². The summed E-state index contributed by atoms with van der Waals surface area (Å²) in [5.74, 6) is -9.65. The summed E-state index contributed by atoms with van der Waals surface area (Å²) < 4.78 is 72.3. The van der Waals surface area contributed by atoms with E-state index in [0.29, 0.717) is 11.9 Å². The smallest absolute Gasteiger partial charge is 0.200 e. The van der Waals surface area contributed by atoms with Crippen molar-refractivity contribution in [2.24, 2.45) is 0 Å². The first-order valence-corrected chi connectivity index (χ1v) is 11.8. The van der Waals surface area contributed by atoms with E-state index >= 15 is 0 Å². The maximum atomic E-state index is 14.2. The fourth-order valence-corrected chi connectivity index (χ4v) is 5.03. The van der Waals surface area contributed by atoms with E-state index in [1.165, 1.54) is 0 Å². The third-order valence-corrected chi connectivity index (χ3v) is 7.11. The van der Waals surface area contributed by atoms with Gasteiger partial charge in [0.25, 0.3) is 0 Å². The summed E-state index contributed by atoms with van der Waals surface area (Å²) in [6, 6.07) is 8.00. The van der Waals surface area contributed by atoms with Gasteiger partial charge in [-0.2, -0.15) is 5.10 Å².